The molecule has 1 heterocycles. The van der Waals surface area contributed by atoms with Gasteiger partial charge in [0.25, 0.3) is 0 Å². The summed E-state index contributed by atoms with van der Waals surface area (Å²) in [5.74, 6) is 1.81. The van der Waals surface area contributed by atoms with Gasteiger partial charge in [-0.05, 0) is 25.1 Å². The minimum Gasteiger partial charge on any atom is -0.456 e. The van der Waals surface area contributed by atoms with Gasteiger partial charge in [0, 0.05) is 10.3 Å². The summed E-state index contributed by atoms with van der Waals surface area (Å²) in [5, 5.41) is 2.02. The Kier molecular flexibility index (Phi) is 2.32. The van der Waals surface area contributed by atoms with Crippen molar-refractivity contribution in [3.05, 3.63) is 46.7 Å². The molecule has 0 radical (unpaired) electrons. The van der Waals surface area contributed by atoms with Crippen LogP contribution in [0.15, 0.2) is 41.8 Å². The molecule has 0 aliphatic carbocycles. The number of aryl methyl sites for hydroxylation is 1. The van der Waals surface area contributed by atoms with Gasteiger partial charge in [-0.3, -0.25) is 0 Å². The Labute approximate surface area is 81.6 Å². The van der Waals surface area contributed by atoms with Crippen LogP contribution in [0.1, 0.15) is 4.88 Å². The van der Waals surface area contributed by atoms with E-state index in [4.69, 9.17) is 4.74 Å². The van der Waals surface area contributed by atoms with Crippen LogP contribution in [0.5, 0.6) is 11.5 Å². The first-order valence-electron chi connectivity index (χ1n) is 4.12. The van der Waals surface area contributed by atoms with Crippen molar-refractivity contribution in [1.82, 2.24) is 0 Å². The highest BCUT2D eigenvalue weighted by atomic mass is 32.1. The number of ether oxygens (including phenoxy) is 1. The van der Waals surface area contributed by atoms with E-state index in [0.29, 0.717) is 0 Å². The number of thiophene rings is 1. The number of hydrogen-bond donors (Lipinski definition) is 0. The van der Waals surface area contributed by atoms with Crippen LogP contribution < -0.4 is 4.74 Å². The van der Waals surface area contributed by atoms with E-state index in [1.54, 1.807) is 11.3 Å². The van der Waals surface area contributed by atoms with E-state index in [2.05, 4.69) is 6.92 Å². The molecule has 0 fully saturated rings. The van der Waals surface area contributed by atoms with Crippen molar-refractivity contribution in [2.24, 2.45) is 0 Å². The lowest BCUT2D eigenvalue weighted by Crippen LogP contribution is -1.79. The van der Waals surface area contributed by atoms with E-state index in [0.717, 1.165) is 11.5 Å². The Morgan fingerprint density at radius 3 is 2.46 bits per heavy atom. The topological polar surface area (TPSA) is 9.23 Å². The van der Waals surface area contributed by atoms with Gasteiger partial charge in [0.2, 0.25) is 0 Å². The van der Waals surface area contributed by atoms with Crippen molar-refractivity contribution in [2.45, 2.75) is 6.92 Å². The van der Waals surface area contributed by atoms with E-state index in [1.807, 2.05) is 41.8 Å². The smallest absolute Gasteiger partial charge is 0.138 e. The van der Waals surface area contributed by atoms with Crippen LogP contribution in [0.25, 0.3) is 0 Å². The Hall–Kier alpha value is -1.28. The highest BCUT2D eigenvalue weighted by Gasteiger charge is 1.97. The Balaban J connectivity index is 2.15. The van der Waals surface area contributed by atoms with Gasteiger partial charge in [-0.15, -0.1) is 11.3 Å². The van der Waals surface area contributed by atoms with Gasteiger partial charge in [-0.2, -0.15) is 0 Å². The zero-order valence-electron chi connectivity index (χ0n) is 7.36. The normalized spacial score (nSPS) is 9.92. The molecule has 0 aliphatic rings. The maximum Gasteiger partial charge on any atom is 0.138 e. The second kappa shape index (κ2) is 3.62. The summed E-state index contributed by atoms with van der Waals surface area (Å²) in [6.07, 6.45) is 0. The molecule has 2 aromatic rings. The Bertz CT molecular complexity index is 378. The predicted molar refractivity (Wildman–Crippen MR) is 55.6 cm³/mol. The van der Waals surface area contributed by atoms with Crippen molar-refractivity contribution in [2.75, 3.05) is 0 Å². The first-order chi connectivity index (χ1) is 6.34. The molecule has 0 saturated carbocycles. The van der Waals surface area contributed by atoms with Crippen molar-refractivity contribution in [1.29, 1.82) is 0 Å². The third kappa shape index (κ3) is 2.10. The van der Waals surface area contributed by atoms with Gasteiger partial charge >= 0.3 is 0 Å². The number of benzene rings is 1. The molecule has 0 unspecified atom stereocenters. The van der Waals surface area contributed by atoms with E-state index < -0.39 is 0 Å². The molecule has 0 atom stereocenters. The van der Waals surface area contributed by atoms with E-state index in [9.17, 15) is 0 Å². The van der Waals surface area contributed by atoms with Crippen molar-refractivity contribution >= 4 is 11.3 Å². The molecule has 66 valence electrons. The molecule has 0 saturated heterocycles. The van der Waals surface area contributed by atoms with Crippen LogP contribution in [-0.4, -0.2) is 0 Å². The van der Waals surface area contributed by atoms with Gasteiger partial charge in [0.05, 0.1) is 0 Å². The Morgan fingerprint density at radius 2 is 1.85 bits per heavy atom. The summed E-state index contributed by atoms with van der Waals surface area (Å²) in [7, 11) is 0. The fourth-order valence-corrected chi connectivity index (χ4v) is 1.70. The summed E-state index contributed by atoms with van der Waals surface area (Å²) in [4.78, 5) is 1.27. The number of para-hydroxylation sites is 1. The lowest BCUT2D eigenvalue weighted by atomic mass is 10.3. The van der Waals surface area contributed by atoms with Crippen LogP contribution in [-0.2, 0) is 0 Å². The molecular formula is C11H10OS. The second-order valence-electron chi connectivity index (χ2n) is 2.81. The number of hydrogen-bond acceptors (Lipinski definition) is 2. The zero-order chi connectivity index (χ0) is 9.10. The molecule has 1 aromatic heterocycles. The maximum absolute atomic E-state index is 5.61. The monoisotopic (exact) mass is 190 g/mol. The van der Waals surface area contributed by atoms with E-state index >= 15 is 0 Å². The van der Waals surface area contributed by atoms with Crippen LogP contribution in [0.3, 0.4) is 0 Å². The van der Waals surface area contributed by atoms with Crippen LogP contribution in [0.4, 0.5) is 0 Å². The van der Waals surface area contributed by atoms with Gasteiger partial charge in [0.15, 0.2) is 0 Å². The van der Waals surface area contributed by atoms with Crippen molar-refractivity contribution < 1.29 is 4.74 Å². The molecule has 2 heteroatoms. The Morgan fingerprint density at radius 1 is 1.08 bits per heavy atom. The minimum absolute atomic E-state index is 0.889. The first kappa shape index (κ1) is 8.32. The van der Waals surface area contributed by atoms with E-state index in [-0.39, 0.29) is 0 Å². The summed E-state index contributed by atoms with van der Waals surface area (Å²) < 4.78 is 5.61. The third-order valence-corrected chi connectivity index (χ3v) is 2.53. The predicted octanol–water partition coefficient (Wildman–Crippen LogP) is 3.85. The largest absolute Gasteiger partial charge is 0.456 e. The summed E-state index contributed by atoms with van der Waals surface area (Å²) in [5.41, 5.74) is 0. The second-order valence-corrected chi connectivity index (χ2v) is 3.92. The molecule has 0 amide bonds. The van der Waals surface area contributed by atoms with Gasteiger partial charge in [0.1, 0.15) is 11.5 Å². The van der Waals surface area contributed by atoms with E-state index in [1.165, 1.54) is 4.88 Å². The highest BCUT2D eigenvalue weighted by Crippen LogP contribution is 2.25. The van der Waals surface area contributed by atoms with Crippen molar-refractivity contribution in [3.63, 3.8) is 0 Å². The molecular weight excluding hydrogens is 180 g/mol. The highest BCUT2D eigenvalue weighted by molar-refractivity contribution is 7.10. The lowest BCUT2D eigenvalue weighted by molar-refractivity contribution is 0.485. The maximum atomic E-state index is 5.61. The molecule has 1 nitrogen and oxygen atoms in total. The van der Waals surface area contributed by atoms with Gasteiger partial charge in [-0.25, -0.2) is 0 Å². The van der Waals surface area contributed by atoms with Crippen molar-refractivity contribution in [3.8, 4) is 11.5 Å². The lowest BCUT2D eigenvalue weighted by Gasteiger charge is -2.00. The molecule has 13 heavy (non-hydrogen) atoms. The standard InChI is InChI=1S/C11H10OS/c1-9-7-11(8-13-9)12-10-5-3-2-4-6-10/h2-8H,1H3. The van der Waals surface area contributed by atoms with Crippen LogP contribution in [0.2, 0.25) is 0 Å². The summed E-state index contributed by atoms with van der Waals surface area (Å²) >= 11 is 1.70. The SMILES string of the molecule is Cc1cc(Oc2ccccc2)cs1. The summed E-state index contributed by atoms with van der Waals surface area (Å²) in [6, 6.07) is 11.9. The average molecular weight is 190 g/mol. The summed E-state index contributed by atoms with van der Waals surface area (Å²) in [6.45, 7) is 2.07. The van der Waals surface area contributed by atoms with Crippen LogP contribution >= 0.6 is 11.3 Å². The molecule has 1 aromatic carbocycles. The molecule has 0 N–H and O–H groups in total. The third-order valence-electron chi connectivity index (χ3n) is 1.69. The molecule has 2 rings (SSSR count). The molecule has 0 spiro atoms. The minimum atomic E-state index is 0.889. The quantitative estimate of drug-likeness (QED) is 0.699. The molecule has 0 aliphatic heterocycles. The average Bonchev–Trinajstić information content (AvgIpc) is 2.53. The van der Waals surface area contributed by atoms with Crippen LogP contribution in [0, 0.1) is 6.92 Å². The first-order valence-corrected chi connectivity index (χ1v) is 5.00. The number of rotatable bonds is 2. The molecule has 0 bridgehead atoms. The van der Waals surface area contributed by atoms with Gasteiger partial charge < -0.3 is 4.74 Å². The fraction of sp³-hybridized carbons (Fsp3) is 0.0909. The zero-order valence-corrected chi connectivity index (χ0v) is 8.17. The fourth-order valence-electron chi connectivity index (χ4n) is 1.10. The van der Waals surface area contributed by atoms with Gasteiger partial charge in [-0.1, -0.05) is 18.2 Å².